The molecule has 1 aromatic heterocycles. The molecule has 0 saturated heterocycles. The zero-order valence-electron chi connectivity index (χ0n) is 18.6. The van der Waals surface area contributed by atoms with Gasteiger partial charge in [-0.05, 0) is 41.7 Å². The summed E-state index contributed by atoms with van der Waals surface area (Å²) >= 11 is 5.67. The van der Waals surface area contributed by atoms with E-state index in [2.05, 4.69) is 75.9 Å². The summed E-state index contributed by atoms with van der Waals surface area (Å²) in [6, 6.07) is 8.78. The molecule has 7 heteroatoms. The fourth-order valence-electron chi connectivity index (χ4n) is 3.25. The summed E-state index contributed by atoms with van der Waals surface area (Å²) in [4.78, 5) is 13.4. The monoisotopic (exact) mass is 417 g/mol. The van der Waals surface area contributed by atoms with E-state index < -0.39 is 0 Å². The van der Waals surface area contributed by atoms with Gasteiger partial charge in [0.15, 0.2) is 4.77 Å². The first kappa shape index (κ1) is 23.3. The topological polar surface area (TPSA) is 69.1 Å². The number of primary amides is 1. The number of benzene rings is 1. The van der Waals surface area contributed by atoms with E-state index in [0.29, 0.717) is 23.8 Å². The molecule has 6 nitrogen and oxygen atoms in total. The smallest absolute Gasteiger partial charge is 0.217 e. The molecule has 0 unspecified atom stereocenters. The van der Waals surface area contributed by atoms with Gasteiger partial charge in [-0.2, -0.15) is 5.10 Å². The highest BCUT2D eigenvalue weighted by atomic mass is 32.1. The fourth-order valence-corrected chi connectivity index (χ4v) is 3.53. The first-order chi connectivity index (χ1) is 13.5. The number of aryl methyl sites for hydroxylation is 1. The summed E-state index contributed by atoms with van der Waals surface area (Å²) in [6.07, 6.45) is 0.788. The molecule has 0 aliphatic carbocycles. The number of carbonyl (C=O) groups is 1. The molecule has 0 saturated carbocycles. The Kier molecular flexibility index (Phi) is 7.77. The summed E-state index contributed by atoms with van der Waals surface area (Å²) in [5.74, 6) is 0.938. The van der Waals surface area contributed by atoms with Crippen LogP contribution in [0.2, 0.25) is 0 Å². The molecule has 0 radical (unpaired) electrons. The molecule has 160 valence electrons. The molecule has 0 fully saturated rings. The number of aromatic nitrogens is 3. The van der Waals surface area contributed by atoms with E-state index >= 15 is 0 Å². The van der Waals surface area contributed by atoms with Crippen molar-refractivity contribution in [3.8, 4) is 0 Å². The lowest BCUT2D eigenvalue weighted by molar-refractivity contribution is -0.118. The van der Waals surface area contributed by atoms with Crippen LogP contribution in [-0.4, -0.2) is 32.2 Å². The summed E-state index contributed by atoms with van der Waals surface area (Å²) in [5.41, 5.74) is 8.06. The summed E-state index contributed by atoms with van der Waals surface area (Å²) in [6.45, 7) is 13.1. The third-order valence-corrected chi connectivity index (χ3v) is 5.22. The minimum atomic E-state index is -0.322. The second-order valence-corrected chi connectivity index (χ2v) is 9.64. The maximum Gasteiger partial charge on any atom is 0.217 e. The fraction of sp³-hybridized carbons (Fsp3) is 0.591. The van der Waals surface area contributed by atoms with Gasteiger partial charge >= 0.3 is 0 Å². The first-order valence-electron chi connectivity index (χ1n) is 10.2. The predicted octanol–water partition coefficient (Wildman–Crippen LogP) is 3.87. The molecular formula is C22H35N5OS. The molecule has 1 heterocycles. The highest BCUT2D eigenvalue weighted by Crippen LogP contribution is 2.22. The van der Waals surface area contributed by atoms with E-state index in [-0.39, 0.29) is 17.7 Å². The van der Waals surface area contributed by atoms with Crippen LogP contribution in [0.3, 0.4) is 0 Å². The number of nitrogens with zero attached hydrogens (tertiary/aromatic N) is 4. The molecule has 0 aliphatic rings. The molecule has 2 N–H and O–H groups in total. The van der Waals surface area contributed by atoms with Gasteiger partial charge in [0.25, 0.3) is 0 Å². The molecule has 0 atom stereocenters. The number of hydrogen-bond acceptors (Lipinski definition) is 4. The second-order valence-electron chi connectivity index (χ2n) is 9.27. The molecule has 0 spiro atoms. The molecule has 0 bridgehead atoms. The zero-order valence-corrected chi connectivity index (χ0v) is 19.4. The van der Waals surface area contributed by atoms with Crippen LogP contribution in [0.15, 0.2) is 24.3 Å². The second kappa shape index (κ2) is 9.67. The van der Waals surface area contributed by atoms with Gasteiger partial charge in [0, 0.05) is 25.9 Å². The molecule has 1 amide bonds. The number of carbonyl (C=O) groups excluding carboxylic acids is 1. The van der Waals surface area contributed by atoms with Crippen molar-refractivity contribution < 1.29 is 4.79 Å². The van der Waals surface area contributed by atoms with E-state index in [4.69, 9.17) is 18.0 Å². The average Bonchev–Trinajstić information content (AvgIpc) is 2.88. The number of rotatable bonds is 9. The zero-order chi connectivity index (χ0) is 21.8. The Bertz CT molecular complexity index is 874. The third kappa shape index (κ3) is 6.78. The van der Waals surface area contributed by atoms with E-state index in [0.717, 1.165) is 18.9 Å². The Hall–Kier alpha value is -1.99. The maximum absolute atomic E-state index is 11.2. The first-order valence-corrected chi connectivity index (χ1v) is 10.6. The van der Waals surface area contributed by atoms with Crippen molar-refractivity contribution >= 4 is 18.1 Å². The number of amides is 1. The van der Waals surface area contributed by atoms with Crippen LogP contribution in [0.4, 0.5) is 0 Å². The van der Waals surface area contributed by atoms with Crippen molar-refractivity contribution in [2.24, 2.45) is 11.7 Å². The largest absolute Gasteiger partial charge is 0.370 e. The summed E-state index contributed by atoms with van der Waals surface area (Å²) < 4.78 is 4.57. The lowest BCUT2D eigenvalue weighted by Crippen LogP contribution is -2.23. The Morgan fingerprint density at radius 3 is 2.38 bits per heavy atom. The SMILES string of the molecule is CC(C)Cn1c(CCC(N)=O)nn(CN(C)Cc2ccc(C(C)(C)C)cc2)c1=S. The van der Waals surface area contributed by atoms with Gasteiger partial charge in [-0.25, -0.2) is 4.68 Å². The van der Waals surface area contributed by atoms with Crippen LogP contribution < -0.4 is 5.73 Å². The van der Waals surface area contributed by atoms with Crippen molar-refractivity contribution in [3.05, 3.63) is 46.0 Å². The standard InChI is InChI=1S/C22H35N5OS/c1-16(2)13-26-20(12-11-19(23)28)24-27(21(26)29)15-25(6)14-17-7-9-18(10-8-17)22(3,4)5/h7-10,16H,11-15H2,1-6H3,(H2,23,28). The minimum Gasteiger partial charge on any atom is -0.370 e. The van der Waals surface area contributed by atoms with Crippen LogP contribution in [0.5, 0.6) is 0 Å². The van der Waals surface area contributed by atoms with Crippen LogP contribution in [0.1, 0.15) is 58.0 Å². The van der Waals surface area contributed by atoms with E-state index in [1.807, 2.05) is 9.25 Å². The highest BCUT2D eigenvalue weighted by molar-refractivity contribution is 7.71. The summed E-state index contributed by atoms with van der Waals surface area (Å²) in [5, 5.41) is 4.69. The lowest BCUT2D eigenvalue weighted by Gasteiger charge is -2.20. The van der Waals surface area contributed by atoms with E-state index in [1.54, 1.807) is 0 Å². The van der Waals surface area contributed by atoms with Crippen molar-refractivity contribution in [1.29, 1.82) is 0 Å². The Balaban J connectivity index is 2.13. The van der Waals surface area contributed by atoms with Gasteiger partial charge in [0.1, 0.15) is 5.82 Å². The van der Waals surface area contributed by atoms with E-state index in [9.17, 15) is 4.79 Å². The van der Waals surface area contributed by atoms with Crippen LogP contribution in [0, 0.1) is 10.7 Å². The Morgan fingerprint density at radius 1 is 1.24 bits per heavy atom. The quantitative estimate of drug-likeness (QED) is 0.629. The molecule has 29 heavy (non-hydrogen) atoms. The van der Waals surface area contributed by atoms with Gasteiger partial charge in [0.2, 0.25) is 5.91 Å². The Labute approximate surface area is 179 Å². The van der Waals surface area contributed by atoms with Crippen LogP contribution in [0.25, 0.3) is 0 Å². The van der Waals surface area contributed by atoms with Crippen molar-refractivity contribution in [2.45, 2.75) is 72.6 Å². The van der Waals surface area contributed by atoms with Crippen LogP contribution in [-0.2, 0) is 36.4 Å². The lowest BCUT2D eigenvalue weighted by atomic mass is 9.87. The van der Waals surface area contributed by atoms with Gasteiger partial charge in [-0.3, -0.25) is 9.69 Å². The minimum absolute atomic E-state index is 0.155. The Morgan fingerprint density at radius 2 is 1.86 bits per heavy atom. The summed E-state index contributed by atoms with van der Waals surface area (Å²) in [7, 11) is 2.06. The van der Waals surface area contributed by atoms with Crippen LogP contribution >= 0.6 is 12.2 Å². The molecule has 2 rings (SSSR count). The normalized spacial score (nSPS) is 12.1. The highest BCUT2D eigenvalue weighted by Gasteiger charge is 2.15. The molecule has 0 aliphatic heterocycles. The molecule has 2 aromatic rings. The third-order valence-electron chi connectivity index (χ3n) is 4.79. The molecular weight excluding hydrogens is 382 g/mol. The average molecular weight is 418 g/mol. The van der Waals surface area contributed by atoms with Gasteiger partial charge in [-0.1, -0.05) is 58.9 Å². The van der Waals surface area contributed by atoms with Gasteiger partial charge in [-0.15, -0.1) is 0 Å². The predicted molar refractivity (Wildman–Crippen MR) is 120 cm³/mol. The number of nitrogens with two attached hydrogens (primary N) is 1. The van der Waals surface area contributed by atoms with Crippen molar-refractivity contribution in [2.75, 3.05) is 7.05 Å². The van der Waals surface area contributed by atoms with Crippen molar-refractivity contribution in [3.63, 3.8) is 0 Å². The number of hydrogen-bond donors (Lipinski definition) is 1. The van der Waals surface area contributed by atoms with E-state index in [1.165, 1.54) is 11.1 Å². The maximum atomic E-state index is 11.2. The molecule has 1 aromatic carbocycles. The van der Waals surface area contributed by atoms with Crippen molar-refractivity contribution in [1.82, 2.24) is 19.2 Å². The van der Waals surface area contributed by atoms with Gasteiger partial charge in [0.05, 0.1) is 6.67 Å². The van der Waals surface area contributed by atoms with Gasteiger partial charge < -0.3 is 10.3 Å².